The van der Waals surface area contributed by atoms with Gasteiger partial charge in [0.15, 0.2) is 0 Å². The molecule has 2 aliphatic heterocycles. The number of hydrogen-bond donors (Lipinski definition) is 2. The van der Waals surface area contributed by atoms with Crippen molar-refractivity contribution in [2.24, 2.45) is 0 Å². The number of rotatable bonds is 6. The van der Waals surface area contributed by atoms with E-state index in [4.69, 9.17) is 0 Å². The Morgan fingerprint density at radius 2 is 1.95 bits per heavy atom. The highest BCUT2D eigenvalue weighted by Crippen LogP contribution is 2.09. The highest BCUT2D eigenvalue weighted by molar-refractivity contribution is 6.04. The number of nitrogens with zero attached hydrogens (tertiary/aromatic N) is 2. The summed E-state index contributed by atoms with van der Waals surface area (Å²) in [5, 5.41) is 4.69. The SMILES string of the molecule is CCCCN1CCN(C(=O)CC[C@@H]2NC(=O)NC2=O)CC1. The van der Waals surface area contributed by atoms with Gasteiger partial charge in [-0.05, 0) is 19.4 Å². The number of unbranched alkanes of at least 4 members (excludes halogenated alkanes) is 1. The summed E-state index contributed by atoms with van der Waals surface area (Å²) in [4.78, 5) is 38.8. The number of carbonyl (C=O) groups is 3. The Morgan fingerprint density at radius 3 is 2.52 bits per heavy atom. The third-order valence-electron chi connectivity index (χ3n) is 4.06. The number of carbonyl (C=O) groups excluding carboxylic acids is 3. The first kappa shape index (κ1) is 15.8. The average Bonchev–Trinajstić information content (AvgIpc) is 2.81. The molecule has 0 aliphatic carbocycles. The molecule has 118 valence electrons. The van der Waals surface area contributed by atoms with Gasteiger partial charge in [-0.1, -0.05) is 13.3 Å². The summed E-state index contributed by atoms with van der Waals surface area (Å²) in [6.07, 6.45) is 3.05. The first-order valence-corrected chi connectivity index (χ1v) is 7.71. The van der Waals surface area contributed by atoms with Crippen molar-refractivity contribution >= 4 is 17.8 Å². The number of urea groups is 1. The van der Waals surface area contributed by atoms with Crippen molar-refractivity contribution in [3.05, 3.63) is 0 Å². The topological polar surface area (TPSA) is 81.8 Å². The van der Waals surface area contributed by atoms with Crippen molar-refractivity contribution < 1.29 is 14.4 Å². The minimum absolute atomic E-state index is 0.0686. The molecule has 1 atom stereocenters. The molecule has 2 saturated heterocycles. The Kier molecular flexibility index (Phi) is 5.55. The molecule has 21 heavy (non-hydrogen) atoms. The van der Waals surface area contributed by atoms with Crippen LogP contribution in [0.4, 0.5) is 4.79 Å². The molecule has 0 bridgehead atoms. The fraction of sp³-hybridized carbons (Fsp3) is 0.786. The van der Waals surface area contributed by atoms with Crippen LogP contribution in [0, 0.1) is 0 Å². The van der Waals surface area contributed by atoms with E-state index >= 15 is 0 Å². The van der Waals surface area contributed by atoms with Crippen molar-refractivity contribution in [3.8, 4) is 0 Å². The summed E-state index contributed by atoms with van der Waals surface area (Å²) in [5.41, 5.74) is 0. The summed E-state index contributed by atoms with van der Waals surface area (Å²) < 4.78 is 0. The van der Waals surface area contributed by atoms with Gasteiger partial charge in [0.2, 0.25) is 5.91 Å². The smallest absolute Gasteiger partial charge is 0.322 e. The Morgan fingerprint density at radius 1 is 1.24 bits per heavy atom. The molecular weight excluding hydrogens is 272 g/mol. The largest absolute Gasteiger partial charge is 0.340 e. The molecule has 2 rings (SSSR count). The van der Waals surface area contributed by atoms with Gasteiger partial charge in [-0.25, -0.2) is 4.79 Å². The summed E-state index contributed by atoms with van der Waals surface area (Å²) in [6.45, 7) is 6.64. The maximum Gasteiger partial charge on any atom is 0.322 e. The number of imide groups is 1. The van der Waals surface area contributed by atoms with Gasteiger partial charge in [0.1, 0.15) is 6.04 Å². The molecule has 0 aromatic heterocycles. The highest BCUT2D eigenvalue weighted by Gasteiger charge is 2.30. The number of hydrogen-bond acceptors (Lipinski definition) is 4. The van der Waals surface area contributed by atoms with Gasteiger partial charge in [-0.15, -0.1) is 0 Å². The molecule has 0 saturated carbocycles. The summed E-state index contributed by atoms with van der Waals surface area (Å²) >= 11 is 0. The Bertz CT molecular complexity index is 405. The van der Waals surface area contributed by atoms with Crippen molar-refractivity contribution in [1.29, 1.82) is 0 Å². The van der Waals surface area contributed by atoms with Crippen molar-refractivity contribution in [2.75, 3.05) is 32.7 Å². The second-order valence-electron chi connectivity index (χ2n) is 5.63. The van der Waals surface area contributed by atoms with Gasteiger partial charge >= 0.3 is 6.03 Å². The molecule has 0 spiro atoms. The lowest BCUT2D eigenvalue weighted by molar-refractivity contribution is -0.133. The van der Waals surface area contributed by atoms with E-state index in [0.717, 1.165) is 32.7 Å². The Hall–Kier alpha value is -1.63. The zero-order chi connectivity index (χ0) is 15.2. The van der Waals surface area contributed by atoms with E-state index in [-0.39, 0.29) is 11.8 Å². The minimum atomic E-state index is -0.563. The molecule has 0 radical (unpaired) electrons. The fourth-order valence-electron chi connectivity index (χ4n) is 2.69. The maximum absolute atomic E-state index is 12.1. The van der Waals surface area contributed by atoms with Crippen LogP contribution in [0.1, 0.15) is 32.6 Å². The van der Waals surface area contributed by atoms with E-state index < -0.39 is 12.1 Å². The maximum atomic E-state index is 12.1. The van der Waals surface area contributed by atoms with Crippen LogP contribution in [-0.4, -0.2) is 66.4 Å². The normalized spacial score (nSPS) is 23.1. The standard InChI is InChI=1S/C14H24N4O3/c1-2-3-6-17-7-9-18(10-8-17)12(19)5-4-11-13(20)16-14(21)15-11/h11H,2-10H2,1H3,(H2,15,16,20,21)/t11-/m0/s1. The molecule has 0 aromatic rings. The molecule has 2 heterocycles. The lowest BCUT2D eigenvalue weighted by Crippen LogP contribution is -2.49. The molecule has 0 unspecified atom stereocenters. The lowest BCUT2D eigenvalue weighted by Gasteiger charge is -2.34. The van der Waals surface area contributed by atoms with Crippen molar-refractivity contribution in [3.63, 3.8) is 0 Å². The van der Waals surface area contributed by atoms with Crippen LogP contribution in [0.25, 0.3) is 0 Å². The van der Waals surface area contributed by atoms with Crippen molar-refractivity contribution in [1.82, 2.24) is 20.4 Å². The molecule has 0 aromatic carbocycles. The number of amides is 4. The fourth-order valence-corrected chi connectivity index (χ4v) is 2.69. The zero-order valence-electron chi connectivity index (χ0n) is 12.6. The first-order chi connectivity index (χ1) is 10.1. The highest BCUT2D eigenvalue weighted by atomic mass is 16.2. The second kappa shape index (κ2) is 7.40. The summed E-state index contributed by atoms with van der Waals surface area (Å²) in [6, 6.07) is -1.03. The van der Waals surface area contributed by atoms with E-state index in [1.807, 2.05) is 4.90 Å². The van der Waals surface area contributed by atoms with Crippen molar-refractivity contribution in [2.45, 2.75) is 38.6 Å². The minimum Gasteiger partial charge on any atom is -0.340 e. The average molecular weight is 296 g/mol. The monoisotopic (exact) mass is 296 g/mol. The molecular formula is C14H24N4O3. The zero-order valence-corrected chi connectivity index (χ0v) is 12.6. The van der Waals surface area contributed by atoms with Crippen LogP contribution in [-0.2, 0) is 9.59 Å². The van der Waals surface area contributed by atoms with Crippen LogP contribution in [0.5, 0.6) is 0 Å². The van der Waals surface area contributed by atoms with Gasteiger partial charge in [0.05, 0.1) is 0 Å². The molecule has 2 fully saturated rings. The van der Waals surface area contributed by atoms with Gasteiger partial charge in [0.25, 0.3) is 5.91 Å². The predicted molar refractivity (Wildman–Crippen MR) is 77.6 cm³/mol. The van der Waals surface area contributed by atoms with Crippen LogP contribution in [0.3, 0.4) is 0 Å². The first-order valence-electron chi connectivity index (χ1n) is 7.71. The second-order valence-corrected chi connectivity index (χ2v) is 5.63. The molecule has 7 nitrogen and oxygen atoms in total. The van der Waals surface area contributed by atoms with Crippen LogP contribution in [0.15, 0.2) is 0 Å². The lowest BCUT2D eigenvalue weighted by atomic mass is 10.1. The third kappa shape index (κ3) is 4.42. The number of nitrogens with one attached hydrogen (secondary N) is 2. The van der Waals surface area contributed by atoms with E-state index in [0.29, 0.717) is 12.8 Å². The van der Waals surface area contributed by atoms with Gasteiger partial charge in [-0.3, -0.25) is 19.8 Å². The van der Waals surface area contributed by atoms with E-state index in [1.165, 1.54) is 12.8 Å². The molecule has 2 N–H and O–H groups in total. The molecule has 4 amide bonds. The van der Waals surface area contributed by atoms with E-state index in [9.17, 15) is 14.4 Å². The predicted octanol–water partition coefficient (Wildman–Crippen LogP) is -0.0811. The Balaban J connectivity index is 1.68. The van der Waals surface area contributed by atoms with E-state index in [2.05, 4.69) is 22.5 Å². The van der Waals surface area contributed by atoms with Gasteiger partial charge in [-0.2, -0.15) is 0 Å². The summed E-state index contributed by atoms with van der Waals surface area (Å²) in [5.74, 6) is -0.267. The van der Waals surface area contributed by atoms with Gasteiger partial charge < -0.3 is 10.2 Å². The van der Waals surface area contributed by atoms with Crippen LogP contribution < -0.4 is 10.6 Å². The number of piperazine rings is 1. The Labute approximate surface area is 125 Å². The summed E-state index contributed by atoms with van der Waals surface area (Å²) in [7, 11) is 0. The van der Waals surface area contributed by atoms with E-state index in [1.54, 1.807) is 0 Å². The molecule has 2 aliphatic rings. The quantitative estimate of drug-likeness (QED) is 0.672. The molecule has 7 heteroatoms. The van der Waals surface area contributed by atoms with Crippen LogP contribution >= 0.6 is 0 Å². The van der Waals surface area contributed by atoms with Gasteiger partial charge in [0, 0.05) is 32.6 Å². The van der Waals surface area contributed by atoms with Crippen LogP contribution in [0.2, 0.25) is 0 Å². The third-order valence-corrected chi connectivity index (χ3v) is 4.06.